The first-order chi connectivity index (χ1) is 12.7. The second-order valence-corrected chi connectivity index (χ2v) is 9.35. The van der Waals surface area contributed by atoms with Gasteiger partial charge in [-0.2, -0.15) is 0 Å². The quantitative estimate of drug-likeness (QED) is 0.578. The minimum atomic E-state index is -0.0917. The third-order valence-corrected chi connectivity index (χ3v) is 5.24. The van der Waals surface area contributed by atoms with Gasteiger partial charge in [-0.15, -0.1) is 4.68 Å². The SMILES string of the molecule is CC(C)(C)N1Cc2ccccc2-c2c(n[nH][n+]2C(C)(C)C)-c2ccccc21. The van der Waals surface area contributed by atoms with E-state index in [0.717, 1.165) is 12.2 Å². The van der Waals surface area contributed by atoms with Crippen LogP contribution in [0.3, 0.4) is 0 Å². The van der Waals surface area contributed by atoms with Crippen LogP contribution in [0, 0.1) is 0 Å². The molecule has 1 aromatic heterocycles. The largest absolute Gasteiger partial charge is 0.362 e. The molecule has 2 heterocycles. The number of aromatic amines is 1. The van der Waals surface area contributed by atoms with Gasteiger partial charge < -0.3 is 4.90 Å². The van der Waals surface area contributed by atoms with E-state index >= 15 is 0 Å². The molecule has 0 atom stereocenters. The highest BCUT2D eigenvalue weighted by Gasteiger charge is 2.37. The van der Waals surface area contributed by atoms with Crippen molar-refractivity contribution in [1.29, 1.82) is 0 Å². The van der Waals surface area contributed by atoms with Crippen LogP contribution >= 0.6 is 0 Å². The Hall–Kier alpha value is -2.62. The number of fused-ring (bicyclic) bond motifs is 5. The van der Waals surface area contributed by atoms with Crippen molar-refractivity contribution in [3.05, 3.63) is 54.1 Å². The van der Waals surface area contributed by atoms with Crippen LogP contribution in [-0.2, 0) is 12.1 Å². The molecule has 3 aromatic rings. The van der Waals surface area contributed by atoms with Crippen LogP contribution in [0.15, 0.2) is 48.5 Å². The third-order valence-electron chi connectivity index (χ3n) is 5.24. The monoisotopic (exact) mass is 361 g/mol. The molecule has 0 aliphatic carbocycles. The Morgan fingerprint density at radius 2 is 1.52 bits per heavy atom. The van der Waals surface area contributed by atoms with Gasteiger partial charge in [0.1, 0.15) is 5.54 Å². The second-order valence-electron chi connectivity index (χ2n) is 9.35. The van der Waals surface area contributed by atoms with Gasteiger partial charge in [-0.25, -0.2) is 0 Å². The van der Waals surface area contributed by atoms with E-state index in [1.807, 2.05) is 0 Å². The summed E-state index contributed by atoms with van der Waals surface area (Å²) in [5.41, 5.74) is 7.07. The zero-order chi connectivity index (χ0) is 19.4. The van der Waals surface area contributed by atoms with Crippen LogP contribution in [0.1, 0.15) is 47.1 Å². The Kier molecular flexibility index (Phi) is 3.91. The van der Waals surface area contributed by atoms with Gasteiger partial charge in [-0.3, -0.25) is 0 Å². The number of nitrogens with one attached hydrogen (secondary N) is 1. The van der Waals surface area contributed by atoms with Crippen molar-refractivity contribution in [2.75, 3.05) is 4.90 Å². The van der Waals surface area contributed by atoms with Gasteiger partial charge in [0, 0.05) is 28.4 Å². The van der Waals surface area contributed by atoms with Crippen LogP contribution in [0.2, 0.25) is 0 Å². The molecule has 0 fully saturated rings. The number of aromatic nitrogens is 3. The molecular formula is C23H29N4+. The highest BCUT2D eigenvalue weighted by Crippen LogP contribution is 2.42. The summed E-state index contributed by atoms with van der Waals surface area (Å²) < 4.78 is 2.20. The summed E-state index contributed by atoms with van der Waals surface area (Å²) in [4.78, 5) is 2.49. The smallest absolute Gasteiger partial charge is 0.258 e. The number of hydrogen-bond donors (Lipinski definition) is 1. The molecule has 0 unspecified atom stereocenters. The maximum atomic E-state index is 4.79. The number of hydrogen-bond acceptors (Lipinski definition) is 2. The molecule has 27 heavy (non-hydrogen) atoms. The number of H-pyrrole nitrogens is 1. The maximum absolute atomic E-state index is 4.79. The van der Waals surface area contributed by atoms with Crippen LogP contribution < -0.4 is 9.58 Å². The summed E-state index contributed by atoms with van der Waals surface area (Å²) in [5, 5.41) is 8.09. The van der Waals surface area contributed by atoms with E-state index < -0.39 is 0 Å². The van der Waals surface area contributed by atoms with Crippen molar-refractivity contribution in [3.8, 4) is 22.5 Å². The lowest BCUT2D eigenvalue weighted by Crippen LogP contribution is -2.53. The number of para-hydroxylation sites is 1. The zero-order valence-electron chi connectivity index (χ0n) is 17.2. The summed E-state index contributed by atoms with van der Waals surface area (Å²) in [6, 6.07) is 17.4. The number of rotatable bonds is 0. The van der Waals surface area contributed by atoms with Crippen LogP contribution in [-0.4, -0.2) is 15.9 Å². The Morgan fingerprint density at radius 3 is 2.19 bits per heavy atom. The van der Waals surface area contributed by atoms with Crippen molar-refractivity contribution in [1.82, 2.24) is 10.3 Å². The molecule has 0 radical (unpaired) electrons. The Bertz CT molecular complexity index is 986. The van der Waals surface area contributed by atoms with E-state index in [1.165, 1.54) is 28.1 Å². The van der Waals surface area contributed by atoms with Gasteiger partial charge in [0.2, 0.25) is 5.69 Å². The highest BCUT2D eigenvalue weighted by molar-refractivity contribution is 5.86. The molecule has 1 N–H and O–H groups in total. The van der Waals surface area contributed by atoms with Crippen LogP contribution in [0.25, 0.3) is 22.5 Å². The normalized spacial score (nSPS) is 14.1. The van der Waals surface area contributed by atoms with Gasteiger partial charge in [0.25, 0.3) is 5.69 Å². The molecule has 0 saturated carbocycles. The van der Waals surface area contributed by atoms with Crippen molar-refractivity contribution < 1.29 is 4.68 Å². The lowest BCUT2D eigenvalue weighted by atomic mass is 9.92. The standard InChI is InChI=1S/C23H28N4/c1-22(2,3)26-15-16-11-7-8-12-17(16)21-20(18-13-9-10-14-19(18)26)24-25-27(21)23(4,5)6/h7-14H,15H2,1-6H3/p+1. The number of nitrogens with zero attached hydrogens (tertiary/aromatic N) is 3. The van der Waals surface area contributed by atoms with Crippen molar-refractivity contribution in [3.63, 3.8) is 0 Å². The molecule has 0 bridgehead atoms. The zero-order valence-corrected chi connectivity index (χ0v) is 17.2. The fourth-order valence-electron chi connectivity index (χ4n) is 3.88. The van der Waals surface area contributed by atoms with Gasteiger partial charge in [-0.05, 0) is 59.2 Å². The molecule has 1 aliphatic rings. The van der Waals surface area contributed by atoms with E-state index in [9.17, 15) is 0 Å². The first kappa shape index (κ1) is 17.8. The first-order valence-corrected chi connectivity index (χ1v) is 9.64. The summed E-state index contributed by atoms with van der Waals surface area (Å²) in [5.74, 6) is 0. The number of anilines is 1. The van der Waals surface area contributed by atoms with Gasteiger partial charge in [0.15, 0.2) is 0 Å². The van der Waals surface area contributed by atoms with E-state index in [-0.39, 0.29) is 11.1 Å². The van der Waals surface area contributed by atoms with Gasteiger partial charge >= 0.3 is 0 Å². The summed E-state index contributed by atoms with van der Waals surface area (Å²) in [6.07, 6.45) is 0. The Morgan fingerprint density at radius 1 is 0.889 bits per heavy atom. The molecule has 4 heteroatoms. The summed E-state index contributed by atoms with van der Waals surface area (Å²) in [7, 11) is 0. The van der Waals surface area contributed by atoms with Crippen molar-refractivity contribution in [2.45, 2.75) is 59.2 Å². The lowest BCUT2D eigenvalue weighted by molar-refractivity contribution is -0.796. The topological polar surface area (TPSA) is 35.8 Å². The number of benzene rings is 2. The molecule has 1 aliphatic heterocycles. The molecule has 0 saturated heterocycles. The second kappa shape index (κ2) is 5.95. The van der Waals surface area contributed by atoms with E-state index in [4.69, 9.17) is 5.10 Å². The minimum Gasteiger partial charge on any atom is -0.362 e. The van der Waals surface area contributed by atoms with Crippen LogP contribution in [0.4, 0.5) is 5.69 Å². The molecular weight excluding hydrogens is 332 g/mol. The predicted molar refractivity (Wildman–Crippen MR) is 111 cm³/mol. The predicted octanol–water partition coefficient (Wildman–Crippen LogP) is 4.90. The van der Waals surface area contributed by atoms with Crippen LogP contribution in [0.5, 0.6) is 0 Å². The summed E-state index contributed by atoms with van der Waals surface area (Å²) in [6.45, 7) is 14.3. The van der Waals surface area contributed by atoms with Gasteiger partial charge in [-0.1, -0.05) is 41.6 Å². The summed E-state index contributed by atoms with van der Waals surface area (Å²) >= 11 is 0. The van der Waals surface area contributed by atoms with Gasteiger partial charge in [0.05, 0.1) is 5.56 Å². The third kappa shape index (κ3) is 2.93. The fraction of sp³-hybridized carbons (Fsp3) is 0.391. The molecule has 0 spiro atoms. The fourth-order valence-corrected chi connectivity index (χ4v) is 3.88. The van der Waals surface area contributed by atoms with Crippen molar-refractivity contribution in [2.24, 2.45) is 0 Å². The molecule has 140 valence electrons. The first-order valence-electron chi connectivity index (χ1n) is 9.64. The Labute approximate surface area is 161 Å². The average Bonchev–Trinajstić information content (AvgIpc) is 3.02. The molecule has 4 rings (SSSR count). The molecule has 4 nitrogen and oxygen atoms in total. The van der Waals surface area contributed by atoms with E-state index in [2.05, 4.69) is 105 Å². The van der Waals surface area contributed by atoms with Crippen molar-refractivity contribution >= 4 is 5.69 Å². The lowest BCUT2D eigenvalue weighted by Gasteiger charge is -2.39. The highest BCUT2D eigenvalue weighted by atomic mass is 15.5. The van der Waals surface area contributed by atoms with E-state index in [1.54, 1.807) is 0 Å². The molecule has 2 aromatic carbocycles. The van der Waals surface area contributed by atoms with E-state index in [0.29, 0.717) is 0 Å². The Balaban J connectivity index is 2.11. The molecule has 0 amide bonds. The minimum absolute atomic E-state index is 0.00295. The average molecular weight is 362 g/mol. The maximum Gasteiger partial charge on any atom is 0.258 e.